The summed E-state index contributed by atoms with van der Waals surface area (Å²) in [7, 11) is 0. The highest BCUT2D eigenvalue weighted by molar-refractivity contribution is 7.09. The molecule has 0 aliphatic heterocycles. The number of carboxylic acids is 1. The monoisotopic (exact) mass is 802 g/mol. The number of thiazole rings is 1. The third-order valence-electron chi connectivity index (χ3n) is 9.74. The molecule has 4 N–H and O–H groups in total. The van der Waals surface area contributed by atoms with Gasteiger partial charge >= 0.3 is 18.0 Å². The van der Waals surface area contributed by atoms with E-state index in [-0.39, 0.29) is 42.0 Å². The summed E-state index contributed by atoms with van der Waals surface area (Å²) >= 11 is 1.16. The van der Waals surface area contributed by atoms with E-state index in [1.807, 2.05) is 32.6 Å². The highest BCUT2D eigenvalue weighted by atomic mass is 32.1. The number of hydrogen-bond acceptors (Lipinski definition) is 10. The molecule has 0 fully saturated rings. The van der Waals surface area contributed by atoms with Crippen molar-refractivity contribution in [3.05, 3.63) is 45.9 Å². The fourth-order valence-corrected chi connectivity index (χ4v) is 7.26. The molecule has 2 rings (SSSR count). The molecule has 0 aliphatic rings. The Morgan fingerprint density at radius 3 is 2.12 bits per heavy atom. The number of carbonyl (C=O) groups excluding carboxylic acids is 4. The zero-order valence-electron chi connectivity index (χ0n) is 35.3. The molecule has 14 heteroatoms. The average molecular weight is 803 g/mol. The Bertz CT molecular complexity index is 1580. The van der Waals surface area contributed by atoms with E-state index in [1.54, 1.807) is 52.1 Å². The lowest BCUT2D eigenvalue weighted by atomic mass is 9.84. The molecule has 314 valence electrons. The number of phenols is 1. The standard InChI is InChI=1S/C42H66N4O9S/c1-12-14-15-16-21-46(38(50)35(27(5)13-2)45-40(53)55-41(7,8)9)33(26(3)4)23-34(54-28(6)47)37-44-32(25-56-37)36(49)43-30(24-42(10,11)39(51)52)22-29-17-19-31(48)20-18-29/h17-20,25-27,30,33-35,48H,12-16,21-24H2,1-11H3,(H,43,49)(H,45,53)(H,51,52)/t27-,30-,33+,34+,35-/m0/s1. The third-order valence-corrected chi connectivity index (χ3v) is 10.7. The van der Waals surface area contributed by atoms with Gasteiger partial charge in [0.2, 0.25) is 5.91 Å². The van der Waals surface area contributed by atoms with Crippen LogP contribution in [-0.4, -0.2) is 80.2 Å². The van der Waals surface area contributed by atoms with Gasteiger partial charge in [-0.05, 0) is 83.4 Å². The van der Waals surface area contributed by atoms with Crippen molar-refractivity contribution in [1.29, 1.82) is 0 Å². The maximum atomic E-state index is 14.6. The Morgan fingerprint density at radius 1 is 0.946 bits per heavy atom. The first kappa shape index (κ1) is 48.0. The molecule has 0 saturated heterocycles. The van der Waals surface area contributed by atoms with Crippen LogP contribution in [0.25, 0.3) is 0 Å². The first-order valence-corrected chi connectivity index (χ1v) is 20.7. The normalized spacial score (nSPS) is 14.6. The molecule has 1 heterocycles. The number of nitrogens with one attached hydrogen (secondary N) is 2. The molecule has 0 aliphatic carbocycles. The fourth-order valence-electron chi connectivity index (χ4n) is 6.42. The number of ether oxygens (including phenoxy) is 2. The van der Waals surface area contributed by atoms with Crippen molar-refractivity contribution >= 4 is 41.2 Å². The van der Waals surface area contributed by atoms with Crippen molar-refractivity contribution in [2.24, 2.45) is 17.3 Å². The fraction of sp³-hybridized carbons (Fsp3) is 0.667. The van der Waals surface area contributed by atoms with Gasteiger partial charge in [0.05, 0.1) is 5.41 Å². The maximum absolute atomic E-state index is 14.6. The van der Waals surface area contributed by atoms with Gasteiger partial charge in [0.1, 0.15) is 28.1 Å². The Hall–Kier alpha value is -4.20. The predicted octanol–water partition coefficient (Wildman–Crippen LogP) is 8.06. The summed E-state index contributed by atoms with van der Waals surface area (Å²) in [6.45, 7) is 20.2. The van der Waals surface area contributed by atoms with Gasteiger partial charge in [-0.3, -0.25) is 19.2 Å². The van der Waals surface area contributed by atoms with Crippen molar-refractivity contribution in [3.8, 4) is 5.75 Å². The van der Waals surface area contributed by atoms with E-state index in [1.165, 1.54) is 19.1 Å². The molecule has 13 nitrogen and oxygen atoms in total. The van der Waals surface area contributed by atoms with Crippen molar-refractivity contribution in [2.45, 2.75) is 157 Å². The summed E-state index contributed by atoms with van der Waals surface area (Å²) in [6.07, 6.45) is 3.37. The van der Waals surface area contributed by atoms with Gasteiger partial charge in [0.25, 0.3) is 5.91 Å². The summed E-state index contributed by atoms with van der Waals surface area (Å²) in [5.74, 6) is -2.52. The second-order valence-electron chi connectivity index (χ2n) is 16.8. The molecular formula is C42H66N4O9S. The van der Waals surface area contributed by atoms with Gasteiger partial charge in [-0.15, -0.1) is 11.3 Å². The van der Waals surface area contributed by atoms with Gasteiger partial charge in [-0.25, -0.2) is 9.78 Å². The van der Waals surface area contributed by atoms with Crippen LogP contribution in [0.1, 0.15) is 148 Å². The Labute approximate surface area is 337 Å². The number of unbranched alkanes of at least 4 members (excludes halogenated alkanes) is 3. The van der Waals surface area contributed by atoms with E-state index in [0.29, 0.717) is 24.4 Å². The van der Waals surface area contributed by atoms with Crippen LogP contribution in [-0.2, 0) is 30.3 Å². The number of alkyl carbamates (subject to hydrolysis) is 1. The van der Waals surface area contributed by atoms with Crippen LogP contribution >= 0.6 is 11.3 Å². The van der Waals surface area contributed by atoms with Crippen LogP contribution in [0.15, 0.2) is 29.6 Å². The van der Waals surface area contributed by atoms with Crippen molar-refractivity contribution in [2.75, 3.05) is 6.54 Å². The van der Waals surface area contributed by atoms with Gasteiger partial charge < -0.3 is 35.2 Å². The zero-order valence-corrected chi connectivity index (χ0v) is 36.1. The number of aromatic nitrogens is 1. The van der Waals surface area contributed by atoms with Gasteiger partial charge in [0, 0.05) is 37.4 Å². The Kier molecular flexibility index (Phi) is 18.8. The number of hydrogen-bond donors (Lipinski definition) is 4. The molecule has 0 bridgehead atoms. The topological polar surface area (TPSA) is 184 Å². The van der Waals surface area contributed by atoms with E-state index in [9.17, 15) is 34.2 Å². The molecule has 56 heavy (non-hydrogen) atoms. The number of benzene rings is 1. The van der Waals surface area contributed by atoms with E-state index in [0.717, 1.165) is 42.6 Å². The number of amides is 3. The molecular weight excluding hydrogens is 737 g/mol. The molecule has 2 aromatic rings. The number of aromatic hydroxyl groups is 1. The largest absolute Gasteiger partial charge is 0.508 e. The molecule has 0 spiro atoms. The number of phenolic OH excluding ortho intramolecular Hbond substituents is 1. The van der Waals surface area contributed by atoms with Gasteiger partial charge in [-0.1, -0.05) is 72.4 Å². The number of carbonyl (C=O) groups is 5. The van der Waals surface area contributed by atoms with Gasteiger partial charge in [-0.2, -0.15) is 0 Å². The summed E-state index contributed by atoms with van der Waals surface area (Å²) in [5, 5.41) is 27.3. The molecule has 0 unspecified atom stereocenters. The second kappa shape index (κ2) is 21.9. The lowest BCUT2D eigenvalue weighted by Crippen LogP contribution is -2.56. The van der Waals surface area contributed by atoms with Crippen molar-refractivity contribution in [3.63, 3.8) is 0 Å². The highest BCUT2D eigenvalue weighted by Gasteiger charge is 2.38. The summed E-state index contributed by atoms with van der Waals surface area (Å²) in [6, 6.07) is 4.62. The Morgan fingerprint density at radius 2 is 1.59 bits per heavy atom. The first-order valence-electron chi connectivity index (χ1n) is 19.8. The molecule has 5 atom stereocenters. The SMILES string of the molecule is CCCCCCN(C(=O)[C@@H](NC(=O)OC(C)(C)C)[C@@H](C)CC)[C@H](C[C@@H](OC(C)=O)c1nc(C(=O)N[C@@H](Cc2ccc(O)cc2)CC(C)(C)C(=O)O)cs1)C(C)C. The van der Waals surface area contributed by atoms with E-state index < -0.39 is 59.2 Å². The van der Waals surface area contributed by atoms with Crippen molar-refractivity contribution in [1.82, 2.24) is 20.5 Å². The van der Waals surface area contributed by atoms with E-state index >= 15 is 0 Å². The average Bonchev–Trinajstić information content (AvgIpc) is 3.59. The minimum Gasteiger partial charge on any atom is -0.508 e. The summed E-state index contributed by atoms with van der Waals surface area (Å²) in [5.41, 5.74) is -1.02. The minimum atomic E-state index is -1.15. The highest BCUT2D eigenvalue weighted by Crippen LogP contribution is 2.32. The summed E-state index contributed by atoms with van der Waals surface area (Å²) < 4.78 is 11.4. The lowest BCUT2D eigenvalue weighted by Gasteiger charge is -2.39. The first-order chi connectivity index (χ1) is 26.1. The van der Waals surface area contributed by atoms with Crippen LogP contribution in [0, 0.1) is 17.3 Å². The van der Waals surface area contributed by atoms with Crippen LogP contribution in [0.3, 0.4) is 0 Å². The lowest BCUT2D eigenvalue weighted by molar-refractivity contribution is -0.149. The quantitative estimate of drug-likeness (QED) is 0.0671. The van der Waals surface area contributed by atoms with Crippen LogP contribution < -0.4 is 10.6 Å². The van der Waals surface area contributed by atoms with Crippen LogP contribution in [0.5, 0.6) is 5.75 Å². The van der Waals surface area contributed by atoms with Crippen LogP contribution in [0.4, 0.5) is 4.79 Å². The van der Waals surface area contributed by atoms with E-state index in [4.69, 9.17) is 9.47 Å². The number of carboxylic acid groups (broad SMARTS) is 1. The smallest absolute Gasteiger partial charge is 0.408 e. The second-order valence-corrected chi connectivity index (χ2v) is 17.6. The third kappa shape index (κ3) is 15.7. The minimum absolute atomic E-state index is 0.0815. The molecule has 0 saturated carbocycles. The van der Waals surface area contributed by atoms with E-state index in [2.05, 4.69) is 22.5 Å². The number of aliphatic carboxylic acids is 1. The Balaban J connectivity index is 2.48. The predicted molar refractivity (Wildman–Crippen MR) is 217 cm³/mol. The van der Waals surface area contributed by atoms with Crippen LogP contribution in [0.2, 0.25) is 0 Å². The molecule has 1 aromatic heterocycles. The number of nitrogens with zero attached hydrogens (tertiary/aromatic N) is 2. The summed E-state index contributed by atoms with van der Waals surface area (Å²) in [4.78, 5) is 72.3. The number of rotatable bonds is 22. The zero-order chi connectivity index (χ0) is 42.4. The molecule has 1 aromatic carbocycles. The maximum Gasteiger partial charge on any atom is 0.408 e. The molecule has 0 radical (unpaired) electrons. The number of esters is 1. The van der Waals surface area contributed by atoms with Crippen molar-refractivity contribution < 1.29 is 43.7 Å². The van der Waals surface area contributed by atoms with Gasteiger partial charge in [0.15, 0.2) is 6.10 Å². The molecule has 3 amide bonds.